The van der Waals surface area contributed by atoms with Crippen molar-refractivity contribution in [2.45, 2.75) is 52.1 Å². The van der Waals surface area contributed by atoms with Crippen molar-refractivity contribution in [1.82, 2.24) is 20.5 Å². The van der Waals surface area contributed by atoms with E-state index in [-0.39, 0.29) is 5.97 Å². The molecule has 146 valence electrons. The second-order valence-electron chi connectivity index (χ2n) is 6.84. The minimum atomic E-state index is -0.366. The number of hydrogen-bond acceptors (Lipinski definition) is 6. The fourth-order valence-corrected chi connectivity index (χ4v) is 3.47. The molecule has 2 aromatic heterocycles. The quantitative estimate of drug-likeness (QED) is 0.728. The Labute approximate surface area is 160 Å². The van der Waals surface area contributed by atoms with E-state index in [2.05, 4.69) is 31.5 Å². The van der Waals surface area contributed by atoms with E-state index in [1.54, 1.807) is 13.1 Å². The van der Waals surface area contributed by atoms with Crippen molar-refractivity contribution >= 4 is 11.8 Å². The zero-order chi connectivity index (χ0) is 18.9. The number of hydrogen-bond donors (Lipinski definition) is 2. The van der Waals surface area contributed by atoms with Crippen LogP contribution in [0.2, 0.25) is 0 Å². The molecule has 0 radical (unpaired) electrons. The lowest BCUT2D eigenvalue weighted by Crippen LogP contribution is -2.29. The van der Waals surface area contributed by atoms with Crippen LogP contribution in [0, 0.1) is 0 Å². The molecule has 1 saturated heterocycles. The van der Waals surface area contributed by atoms with Crippen molar-refractivity contribution < 1.29 is 9.53 Å². The molecule has 3 rings (SSSR count). The van der Waals surface area contributed by atoms with Gasteiger partial charge in [0.25, 0.3) is 0 Å². The Kier molecular flexibility index (Phi) is 7.21. The minimum Gasteiger partial charge on any atom is -0.461 e. The summed E-state index contributed by atoms with van der Waals surface area (Å²) in [6.45, 7) is 5.50. The van der Waals surface area contributed by atoms with Gasteiger partial charge in [-0.2, -0.15) is 5.10 Å². The number of nitrogens with zero attached hydrogens (tertiary/aromatic N) is 3. The molecular weight excluding hydrogens is 342 g/mol. The van der Waals surface area contributed by atoms with Gasteiger partial charge in [-0.05, 0) is 25.8 Å². The Morgan fingerprint density at radius 1 is 1.19 bits per heavy atom. The van der Waals surface area contributed by atoms with Crippen molar-refractivity contribution in [3.8, 4) is 0 Å². The number of nitrogens with one attached hydrogen (secondary N) is 2. The van der Waals surface area contributed by atoms with Gasteiger partial charge < -0.3 is 15.0 Å². The van der Waals surface area contributed by atoms with E-state index in [4.69, 9.17) is 4.74 Å². The SMILES string of the molecule is CCOC(=O)c1[nH]ncc1CNCc1cccnc1N1CCCCCCC1. The fraction of sp³-hybridized carbons (Fsp3) is 0.550. The summed E-state index contributed by atoms with van der Waals surface area (Å²) in [5, 5.41) is 10.1. The summed E-state index contributed by atoms with van der Waals surface area (Å²) in [5.74, 6) is 0.708. The van der Waals surface area contributed by atoms with Gasteiger partial charge in [0.2, 0.25) is 0 Å². The van der Waals surface area contributed by atoms with Crippen molar-refractivity contribution in [3.05, 3.63) is 41.3 Å². The van der Waals surface area contributed by atoms with E-state index >= 15 is 0 Å². The largest absolute Gasteiger partial charge is 0.461 e. The number of rotatable bonds is 7. The third-order valence-corrected chi connectivity index (χ3v) is 4.85. The molecule has 0 aromatic carbocycles. The molecule has 0 atom stereocenters. The summed E-state index contributed by atoms with van der Waals surface area (Å²) in [7, 11) is 0. The van der Waals surface area contributed by atoms with Crippen molar-refractivity contribution in [2.75, 3.05) is 24.6 Å². The Balaban J connectivity index is 1.62. The van der Waals surface area contributed by atoms with Crippen molar-refractivity contribution in [2.24, 2.45) is 0 Å². The highest BCUT2D eigenvalue weighted by Crippen LogP contribution is 2.21. The highest BCUT2D eigenvalue weighted by Gasteiger charge is 2.16. The van der Waals surface area contributed by atoms with E-state index in [1.807, 2.05) is 12.3 Å². The number of carbonyl (C=O) groups excluding carboxylic acids is 1. The number of pyridine rings is 1. The van der Waals surface area contributed by atoms with Crippen LogP contribution in [-0.4, -0.2) is 40.8 Å². The molecule has 2 aromatic rings. The van der Waals surface area contributed by atoms with Crippen LogP contribution in [0.15, 0.2) is 24.5 Å². The van der Waals surface area contributed by atoms with Crippen LogP contribution in [0.1, 0.15) is 60.6 Å². The number of H-pyrrole nitrogens is 1. The van der Waals surface area contributed by atoms with E-state index in [0.717, 1.165) is 24.5 Å². The van der Waals surface area contributed by atoms with E-state index in [0.29, 0.717) is 25.4 Å². The molecule has 1 fully saturated rings. The van der Waals surface area contributed by atoms with Crippen LogP contribution in [0.3, 0.4) is 0 Å². The van der Waals surface area contributed by atoms with Crippen LogP contribution in [0.25, 0.3) is 0 Å². The number of anilines is 1. The monoisotopic (exact) mass is 371 g/mol. The van der Waals surface area contributed by atoms with Crippen LogP contribution in [-0.2, 0) is 17.8 Å². The molecule has 2 N–H and O–H groups in total. The van der Waals surface area contributed by atoms with Crippen LogP contribution < -0.4 is 10.2 Å². The lowest BCUT2D eigenvalue weighted by molar-refractivity contribution is 0.0518. The van der Waals surface area contributed by atoms with E-state index < -0.39 is 0 Å². The first-order chi connectivity index (χ1) is 13.3. The number of aromatic nitrogens is 3. The maximum Gasteiger partial charge on any atom is 0.356 e. The standard InChI is InChI=1S/C20H29N5O2/c1-2-27-20(26)18-17(15-23-24-18)14-21-13-16-9-8-10-22-19(16)25-11-6-4-3-5-7-12-25/h8-10,15,21H,2-7,11-14H2,1H3,(H,23,24). The predicted octanol–water partition coefficient (Wildman–Crippen LogP) is 3.04. The summed E-state index contributed by atoms with van der Waals surface area (Å²) in [6, 6.07) is 4.10. The van der Waals surface area contributed by atoms with Crippen LogP contribution >= 0.6 is 0 Å². The molecule has 0 spiro atoms. The zero-order valence-electron chi connectivity index (χ0n) is 16.0. The molecule has 0 saturated carbocycles. The average Bonchev–Trinajstić information content (AvgIpc) is 3.11. The van der Waals surface area contributed by atoms with E-state index in [1.165, 1.54) is 37.7 Å². The van der Waals surface area contributed by atoms with Gasteiger partial charge in [0.05, 0.1) is 12.8 Å². The predicted molar refractivity (Wildman–Crippen MR) is 105 cm³/mol. The molecule has 1 aliphatic rings. The Hall–Kier alpha value is -2.41. The van der Waals surface area contributed by atoms with Crippen LogP contribution in [0.4, 0.5) is 5.82 Å². The van der Waals surface area contributed by atoms with Gasteiger partial charge in [-0.1, -0.05) is 25.3 Å². The first-order valence-electron chi connectivity index (χ1n) is 9.88. The number of esters is 1. The molecule has 27 heavy (non-hydrogen) atoms. The Bertz CT molecular complexity index is 723. The molecule has 0 bridgehead atoms. The fourth-order valence-electron chi connectivity index (χ4n) is 3.47. The maximum absolute atomic E-state index is 11.9. The molecule has 7 heteroatoms. The van der Waals surface area contributed by atoms with Gasteiger partial charge in [0.1, 0.15) is 11.5 Å². The summed E-state index contributed by atoms with van der Waals surface area (Å²) in [6.07, 6.45) is 9.93. The summed E-state index contributed by atoms with van der Waals surface area (Å²) in [4.78, 5) is 19.0. The lowest BCUT2D eigenvalue weighted by atomic mass is 10.1. The Morgan fingerprint density at radius 2 is 1.93 bits per heavy atom. The highest BCUT2D eigenvalue weighted by atomic mass is 16.5. The molecule has 0 amide bonds. The van der Waals surface area contributed by atoms with Crippen LogP contribution in [0.5, 0.6) is 0 Å². The van der Waals surface area contributed by atoms with Gasteiger partial charge >= 0.3 is 5.97 Å². The van der Waals surface area contributed by atoms with E-state index in [9.17, 15) is 4.79 Å². The number of carbonyl (C=O) groups is 1. The van der Waals surface area contributed by atoms with Gasteiger partial charge in [-0.3, -0.25) is 5.10 Å². The van der Waals surface area contributed by atoms with Crippen molar-refractivity contribution in [1.29, 1.82) is 0 Å². The normalized spacial score (nSPS) is 15.2. The first-order valence-corrected chi connectivity index (χ1v) is 9.88. The molecule has 1 aliphatic heterocycles. The average molecular weight is 371 g/mol. The molecule has 0 aliphatic carbocycles. The second kappa shape index (κ2) is 10.1. The molecule has 3 heterocycles. The second-order valence-corrected chi connectivity index (χ2v) is 6.84. The number of ether oxygens (including phenoxy) is 1. The summed E-state index contributed by atoms with van der Waals surface area (Å²) in [5.41, 5.74) is 2.41. The molecule has 7 nitrogen and oxygen atoms in total. The topological polar surface area (TPSA) is 83.1 Å². The van der Waals surface area contributed by atoms with Gasteiger partial charge in [0, 0.05) is 43.5 Å². The molecular formula is C20H29N5O2. The lowest BCUT2D eigenvalue weighted by Gasteiger charge is -2.27. The van der Waals surface area contributed by atoms with Gasteiger partial charge in [-0.25, -0.2) is 9.78 Å². The Morgan fingerprint density at radius 3 is 2.70 bits per heavy atom. The first kappa shape index (κ1) is 19.4. The third kappa shape index (κ3) is 5.29. The number of aromatic amines is 1. The minimum absolute atomic E-state index is 0.347. The molecule has 0 unspecified atom stereocenters. The smallest absolute Gasteiger partial charge is 0.356 e. The third-order valence-electron chi connectivity index (χ3n) is 4.85. The highest BCUT2D eigenvalue weighted by molar-refractivity contribution is 5.88. The van der Waals surface area contributed by atoms with Gasteiger partial charge in [-0.15, -0.1) is 0 Å². The zero-order valence-corrected chi connectivity index (χ0v) is 16.0. The maximum atomic E-state index is 11.9. The van der Waals surface area contributed by atoms with Crippen molar-refractivity contribution in [3.63, 3.8) is 0 Å². The summed E-state index contributed by atoms with van der Waals surface area (Å²) < 4.78 is 5.06. The summed E-state index contributed by atoms with van der Waals surface area (Å²) >= 11 is 0. The van der Waals surface area contributed by atoms with Gasteiger partial charge in [0.15, 0.2) is 0 Å².